The molecule has 0 atom stereocenters. The maximum atomic E-state index is 12.9. The van der Waals surface area contributed by atoms with Crippen molar-refractivity contribution in [3.63, 3.8) is 0 Å². The van der Waals surface area contributed by atoms with Crippen molar-refractivity contribution in [2.75, 3.05) is 11.9 Å². The van der Waals surface area contributed by atoms with Gasteiger partial charge in [-0.15, -0.1) is 0 Å². The lowest BCUT2D eigenvalue weighted by molar-refractivity contribution is -0.119. The number of esters is 1. The molecule has 4 rings (SSSR count). The predicted octanol–water partition coefficient (Wildman–Crippen LogP) is 6.77. The number of nitrogens with one attached hydrogen (secondary N) is 1. The highest BCUT2D eigenvalue weighted by Gasteiger charge is 2.17. The number of benzene rings is 3. The summed E-state index contributed by atoms with van der Waals surface area (Å²) in [5.41, 5.74) is 2.86. The number of pyridine rings is 1. The number of hydrogen-bond acceptors (Lipinski definition) is 4. The van der Waals surface area contributed by atoms with Crippen LogP contribution < -0.4 is 5.32 Å². The van der Waals surface area contributed by atoms with Crippen LogP contribution in [0.2, 0.25) is 10.0 Å². The van der Waals surface area contributed by atoms with E-state index in [-0.39, 0.29) is 0 Å². The van der Waals surface area contributed by atoms with Crippen LogP contribution in [0.5, 0.6) is 0 Å². The van der Waals surface area contributed by atoms with Gasteiger partial charge in [-0.05, 0) is 58.4 Å². The number of aromatic nitrogens is 1. The molecule has 0 aliphatic heterocycles. The Bertz CT molecular complexity index is 1330. The van der Waals surface area contributed by atoms with E-state index in [2.05, 4.69) is 26.2 Å². The van der Waals surface area contributed by atoms with Gasteiger partial charge >= 0.3 is 5.97 Å². The van der Waals surface area contributed by atoms with Crippen LogP contribution in [-0.2, 0) is 9.53 Å². The third kappa shape index (κ3) is 5.10. The number of nitrogens with zero attached hydrogens (tertiary/aromatic N) is 1. The molecule has 0 radical (unpaired) electrons. The van der Waals surface area contributed by atoms with Gasteiger partial charge in [0, 0.05) is 26.1 Å². The Morgan fingerprint density at radius 2 is 1.72 bits per heavy atom. The largest absolute Gasteiger partial charge is 0.452 e. The van der Waals surface area contributed by atoms with Crippen molar-refractivity contribution in [2.45, 2.75) is 0 Å². The average Bonchev–Trinajstić information content (AvgIpc) is 2.79. The molecule has 8 heteroatoms. The lowest BCUT2D eigenvalue weighted by Gasteiger charge is -2.11. The first-order valence-electron chi connectivity index (χ1n) is 9.48. The molecule has 0 aliphatic carbocycles. The molecule has 4 aromatic rings. The van der Waals surface area contributed by atoms with Gasteiger partial charge in [0.1, 0.15) is 0 Å². The first-order valence-corrected chi connectivity index (χ1v) is 11.0. The van der Waals surface area contributed by atoms with Crippen LogP contribution in [0.1, 0.15) is 10.4 Å². The summed E-state index contributed by atoms with van der Waals surface area (Å²) >= 11 is 15.3. The van der Waals surface area contributed by atoms with Crippen LogP contribution in [0.15, 0.2) is 77.3 Å². The van der Waals surface area contributed by atoms with Gasteiger partial charge in [-0.3, -0.25) is 4.79 Å². The standard InChI is InChI=1S/C24H15BrCl2N2O3/c25-19-10-9-16(11-20(19)27)28-23(30)13-32-24(31)18-12-22(14-5-7-15(26)8-6-14)29-21-4-2-1-3-17(18)21/h1-12H,13H2,(H,28,30). The number of ether oxygens (including phenoxy) is 1. The van der Waals surface area contributed by atoms with E-state index in [9.17, 15) is 9.59 Å². The van der Waals surface area contributed by atoms with Crippen molar-refractivity contribution in [3.8, 4) is 11.3 Å². The maximum absolute atomic E-state index is 12.9. The minimum absolute atomic E-state index is 0.319. The van der Waals surface area contributed by atoms with Crippen LogP contribution in [0.3, 0.4) is 0 Å². The average molecular weight is 530 g/mol. The van der Waals surface area contributed by atoms with E-state index in [1.165, 1.54) is 0 Å². The summed E-state index contributed by atoms with van der Waals surface area (Å²) in [6.45, 7) is -0.445. The number of hydrogen-bond donors (Lipinski definition) is 1. The van der Waals surface area contributed by atoms with Crippen LogP contribution in [0, 0.1) is 0 Å². The number of rotatable bonds is 5. The molecule has 0 saturated heterocycles. The summed E-state index contributed by atoms with van der Waals surface area (Å²) in [7, 11) is 0. The second-order valence-electron chi connectivity index (χ2n) is 6.83. The molecule has 0 aliphatic rings. The number of carbonyl (C=O) groups is 2. The van der Waals surface area contributed by atoms with E-state index < -0.39 is 18.5 Å². The van der Waals surface area contributed by atoms with Crippen LogP contribution in [0.4, 0.5) is 5.69 Å². The Kier molecular flexibility index (Phi) is 6.74. The van der Waals surface area contributed by atoms with Gasteiger partial charge in [-0.1, -0.05) is 53.5 Å². The molecule has 160 valence electrons. The summed E-state index contributed by atoms with van der Waals surface area (Å²) in [6, 6.07) is 21.1. The molecule has 1 amide bonds. The van der Waals surface area contributed by atoms with Crippen molar-refractivity contribution in [2.24, 2.45) is 0 Å². The van der Waals surface area contributed by atoms with Gasteiger partial charge in [0.05, 0.1) is 21.8 Å². The second kappa shape index (κ2) is 9.69. The zero-order valence-corrected chi connectivity index (χ0v) is 19.5. The van der Waals surface area contributed by atoms with Crippen molar-refractivity contribution < 1.29 is 14.3 Å². The highest BCUT2D eigenvalue weighted by atomic mass is 79.9. The molecule has 0 bridgehead atoms. The normalized spacial score (nSPS) is 10.7. The monoisotopic (exact) mass is 528 g/mol. The van der Waals surface area contributed by atoms with Crippen LogP contribution in [-0.4, -0.2) is 23.5 Å². The lowest BCUT2D eigenvalue weighted by atomic mass is 10.0. The predicted molar refractivity (Wildman–Crippen MR) is 130 cm³/mol. The van der Waals surface area contributed by atoms with Crippen LogP contribution in [0.25, 0.3) is 22.2 Å². The zero-order chi connectivity index (χ0) is 22.7. The third-order valence-corrected chi connectivity index (χ3v) is 6.10. The van der Waals surface area contributed by atoms with E-state index in [0.717, 1.165) is 5.56 Å². The van der Waals surface area contributed by atoms with Crippen molar-refractivity contribution in [1.29, 1.82) is 0 Å². The molecule has 1 heterocycles. The van der Waals surface area contributed by atoms with E-state index in [1.54, 1.807) is 42.5 Å². The summed E-state index contributed by atoms with van der Waals surface area (Å²) < 4.78 is 6.00. The Hall–Kier alpha value is -2.93. The maximum Gasteiger partial charge on any atom is 0.339 e. The Balaban J connectivity index is 1.55. The quantitative estimate of drug-likeness (QED) is 0.290. The molecule has 0 fully saturated rings. The number of amides is 1. The van der Waals surface area contributed by atoms with Crippen molar-refractivity contribution in [3.05, 3.63) is 92.9 Å². The number of fused-ring (bicyclic) bond motifs is 1. The summed E-state index contributed by atoms with van der Waals surface area (Å²) in [4.78, 5) is 29.8. The van der Waals surface area contributed by atoms with Gasteiger partial charge in [0.2, 0.25) is 0 Å². The smallest absolute Gasteiger partial charge is 0.339 e. The molecular formula is C24H15BrCl2N2O3. The number of carbonyl (C=O) groups excluding carboxylic acids is 2. The fourth-order valence-electron chi connectivity index (χ4n) is 3.09. The summed E-state index contributed by atoms with van der Waals surface area (Å²) in [5, 5.41) is 4.34. The van der Waals surface area contributed by atoms with Gasteiger partial charge in [-0.25, -0.2) is 9.78 Å². The minimum atomic E-state index is -0.622. The highest BCUT2D eigenvalue weighted by Crippen LogP contribution is 2.27. The topological polar surface area (TPSA) is 68.3 Å². The first-order chi connectivity index (χ1) is 15.4. The highest BCUT2D eigenvalue weighted by molar-refractivity contribution is 9.10. The van der Waals surface area contributed by atoms with E-state index >= 15 is 0 Å². The number of halogens is 3. The fourth-order valence-corrected chi connectivity index (χ4v) is 3.65. The van der Waals surface area contributed by atoms with E-state index in [0.29, 0.717) is 42.4 Å². The Morgan fingerprint density at radius 3 is 2.47 bits per heavy atom. The summed E-state index contributed by atoms with van der Waals surface area (Å²) in [5.74, 6) is -1.10. The van der Waals surface area contributed by atoms with Gasteiger partial charge in [-0.2, -0.15) is 0 Å². The first kappa shape index (κ1) is 22.3. The SMILES string of the molecule is O=C(COC(=O)c1cc(-c2ccc(Cl)cc2)nc2ccccc12)Nc1ccc(Br)c(Cl)c1. The lowest BCUT2D eigenvalue weighted by Crippen LogP contribution is -2.21. The van der Waals surface area contributed by atoms with Gasteiger partial charge in [0.15, 0.2) is 6.61 Å². The number of anilines is 1. The second-order valence-corrected chi connectivity index (χ2v) is 8.53. The molecule has 5 nitrogen and oxygen atoms in total. The molecular weight excluding hydrogens is 515 g/mol. The fraction of sp³-hybridized carbons (Fsp3) is 0.0417. The van der Waals surface area contributed by atoms with Crippen LogP contribution >= 0.6 is 39.1 Å². The molecule has 0 saturated carbocycles. The van der Waals surface area contributed by atoms with Crippen molar-refractivity contribution >= 4 is 67.6 Å². The third-order valence-electron chi connectivity index (χ3n) is 4.61. The summed E-state index contributed by atoms with van der Waals surface area (Å²) in [6.07, 6.45) is 0. The molecule has 32 heavy (non-hydrogen) atoms. The van der Waals surface area contributed by atoms with E-state index in [4.69, 9.17) is 27.9 Å². The Labute approximate surface area is 202 Å². The van der Waals surface area contributed by atoms with E-state index in [1.807, 2.05) is 30.3 Å². The molecule has 3 aromatic carbocycles. The molecule has 1 N–H and O–H groups in total. The molecule has 1 aromatic heterocycles. The molecule has 0 unspecified atom stereocenters. The number of para-hydroxylation sites is 1. The minimum Gasteiger partial charge on any atom is -0.452 e. The zero-order valence-electron chi connectivity index (χ0n) is 16.4. The van der Waals surface area contributed by atoms with Gasteiger partial charge < -0.3 is 10.1 Å². The molecule has 0 spiro atoms. The Morgan fingerprint density at radius 1 is 0.969 bits per heavy atom. The van der Waals surface area contributed by atoms with Crippen molar-refractivity contribution in [1.82, 2.24) is 4.98 Å². The van der Waals surface area contributed by atoms with Gasteiger partial charge in [0.25, 0.3) is 5.91 Å².